The molecule has 0 bridgehead atoms. The second-order valence-electron chi connectivity index (χ2n) is 4.68. The number of rotatable bonds is 10. The summed E-state index contributed by atoms with van der Waals surface area (Å²) >= 11 is 0. The molecule has 1 unspecified atom stereocenters. The Morgan fingerprint density at radius 2 is 1.65 bits per heavy atom. The summed E-state index contributed by atoms with van der Waals surface area (Å²) in [5.74, 6) is 0. The van der Waals surface area contributed by atoms with Crippen molar-refractivity contribution >= 4 is 14.5 Å². The highest BCUT2D eigenvalue weighted by atomic mass is 28.4. The van der Waals surface area contributed by atoms with E-state index in [1.807, 2.05) is 30.3 Å². The van der Waals surface area contributed by atoms with Gasteiger partial charge in [0, 0.05) is 45.6 Å². The average Bonchev–Trinajstić information content (AvgIpc) is 2.50. The SMILES string of the molecule is CO[Si](CCC(N)CCNc1ccccc1)(OC)OC. The van der Waals surface area contributed by atoms with Crippen LogP contribution in [0.15, 0.2) is 30.3 Å². The van der Waals surface area contributed by atoms with E-state index in [2.05, 4.69) is 5.32 Å². The van der Waals surface area contributed by atoms with Crippen LogP contribution in [-0.2, 0) is 13.3 Å². The topological polar surface area (TPSA) is 65.7 Å². The predicted octanol–water partition coefficient (Wildman–Crippen LogP) is 2.08. The van der Waals surface area contributed by atoms with Gasteiger partial charge in [-0.1, -0.05) is 18.2 Å². The van der Waals surface area contributed by atoms with Gasteiger partial charge in [-0.05, 0) is 25.0 Å². The maximum atomic E-state index is 6.12. The molecule has 0 saturated carbocycles. The Hall–Kier alpha value is -0.923. The van der Waals surface area contributed by atoms with Crippen molar-refractivity contribution in [1.82, 2.24) is 0 Å². The van der Waals surface area contributed by atoms with Gasteiger partial charge in [-0.2, -0.15) is 0 Å². The Labute approximate surface area is 122 Å². The largest absolute Gasteiger partial charge is 0.500 e. The van der Waals surface area contributed by atoms with Crippen LogP contribution in [0.2, 0.25) is 6.04 Å². The number of nitrogens with two attached hydrogens (primary N) is 1. The van der Waals surface area contributed by atoms with Crippen molar-refractivity contribution in [2.45, 2.75) is 24.9 Å². The summed E-state index contributed by atoms with van der Waals surface area (Å²) in [7, 11) is 2.40. The van der Waals surface area contributed by atoms with Crippen LogP contribution >= 0.6 is 0 Å². The number of para-hydroxylation sites is 1. The first-order valence-corrected chi connectivity index (χ1v) is 8.79. The van der Waals surface area contributed by atoms with E-state index in [4.69, 9.17) is 19.0 Å². The van der Waals surface area contributed by atoms with Gasteiger partial charge in [0.05, 0.1) is 0 Å². The zero-order chi connectivity index (χ0) is 14.8. The van der Waals surface area contributed by atoms with Crippen LogP contribution in [0.3, 0.4) is 0 Å². The summed E-state index contributed by atoms with van der Waals surface area (Å²) in [6.07, 6.45) is 1.73. The fourth-order valence-corrected chi connectivity index (χ4v) is 3.86. The molecule has 0 spiro atoms. The summed E-state index contributed by atoms with van der Waals surface area (Å²) in [6, 6.07) is 11.0. The molecule has 0 saturated heterocycles. The lowest BCUT2D eigenvalue weighted by molar-refractivity contribution is 0.122. The van der Waals surface area contributed by atoms with Crippen molar-refractivity contribution in [3.63, 3.8) is 0 Å². The van der Waals surface area contributed by atoms with Gasteiger partial charge in [-0.15, -0.1) is 0 Å². The Morgan fingerprint density at radius 3 is 2.20 bits per heavy atom. The van der Waals surface area contributed by atoms with Crippen molar-refractivity contribution in [2.75, 3.05) is 33.2 Å². The molecule has 0 aromatic heterocycles. The molecule has 0 aliphatic heterocycles. The second-order valence-corrected chi connectivity index (χ2v) is 7.77. The molecule has 1 rings (SSSR count). The van der Waals surface area contributed by atoms with Crippen molar-refractivity contribution in [3.8, 4) is 0 Å². The van der Waals surface area contributed by atoms with Crippen LogP contribution in [0.4, 0.5) is 5.69 Å². The van der Waals surface area contributed by atoms with E-state index in [9.17, 15) is 0 Å². The summed E-state index contributed by atoms with van der Waals surface area (Å²) in [6.45, 7) is 0.854. The quantitative estimate of drug-likeness (QED) is 0.648. The molecule has 0 aliphatic carbocycles. The average molecular weight is 298 g/mol. The second kappa shape index (κ2) is 9.09. The molecule has 3 N–H and O–H groups in total. The number of benzene rings is 1. The van der Waals surface area contributed by atoms with Crippen molar-refractivity contribution in [3.05, 3.63) is 30.3 Å². The van der Waals surface area contributed by atoms with Gasteiger partial charge in [0.1, 0.15) is 0 Å². The lowest BCUT2D eigenvalue weighted by Gasteiger charge is -2.25. The third-order valence-electron chi connectivity index (χ3n) is 3.37. The van der Waals surface area contributed by atoms with Crippen molar-refractivity contribution < 1.29 is 13.3 Å². The van der Waals surface area contributed by atoms with Crippen LogP contribution in [0.5, 0.6) is 0 Å². The molecule has 0 fully saturated rings. The Bertz CT molecular complexity index is 352. The first kappa shape index (κ1) is 17.1. The van der Waals surface area contributed by atoms with Crippen molar-refractivity contribution in [2.24, 2.45) is 5.73 Å². The Morgan fingerprint density at radius 1 is 1.05 bits per heavy atom. The van der Waals surface area contributed by atoms with Crippen LogP contribution < -0.4 is 11.1 Å². The van der Waals surface area contributed by atoms with E-state index in [1.165, 1.54) is 0 Å². The zero-order valence-electron chi connectivity index (χ0n) is 12.6. The van der Waals surface area contributed by atoms with E-state index in [0.717, 1.165) is 31.1 Å². The standard InChI is InChI=1S/C14H26N2O3Si/c1-17-20(18-2,19-3)12-10-13(15)9-11-16-14-7-5-4-6-8-14/h4-8,13,16H,9-12,15H2,1-3H3. The maximum absolute atomic E-state index is 6.12. The first-order chi connectivity index (χ1) is 9.65. The van der Waals surface area contributed by atoms with E-state index in [1.54, 1.807) is 21.3 Å². The molecule has 20 heavy (non-hydrogen) atoms. The third kappa shape index (κ3) is 5.60. The molecule has 0 aliphatic rings. The minimum atomic E-state index is -2.48. The van der Waals surface area contributed by atoms with Crippen LogP contribution in [0.25, 0.3) is 0 Å². The van der Waals surface area contributed by atoms with E-state index in [-0.39, 0.29) is 6.04 Å². The lowest BCUT2D eigenvalue weighted by atomic mass is 10.1. The number of anilines is 1. The fraction of sp³-hybridized carbons (Fsp3) is 0.571. The van der Waals surface area contributed by atoms with E-state index < -0.39 is 8.80 Å². The van der Waals surface area contributed by atoms with Gasteiger partial charge in [-0.25, -0.2) is 0 Å². The number of hydrogen-bond donors (Lipinski definition) is 2. The third-order valence-corrected chi connectivity index (χ3v) is 6.14. The molecular weight excluding hydrogens is 272 g/mol. The van der Waals surface area contributed by atoms with Crippen LogP contribution in [0, 0.1) is 0 Å². The highest BCUT2D eigenvalue weighted by Crippen LogP contribution is 2.17. The minimum Gasteiger partial charge on any atom is -0.385 e. The normalized spacial score (nSPS) is 13.2. The highest BCUT2D eigenvalue weighted by Gasteiger charge is 2.37. The van der Waals surface area contributed by atoms with E-state index >= 15 is 0 Å². The van der Waals surface area contributed by atoms with Crippen LogP contribution in [-0.4, -0.2) is 42.7 Å². The first-order valence-electron chi connectivity index (χ1n) is 6.85. The van der Waals surface area contributed by atoms with Gasteiger partial charge in [0.15, 0.2) is 0 Å². The zero-order valence-corrected chi connectivity index (χ0v) is 13.6. The number of hydrogen-bond acceptors (Lipinski definition) is 5. The lowest BCUT2D eigenvalue weighted by Crippen LogP contribution is -2.44. The van der Waals surface area contributed by atoms with E-state index in [0.29, 0.717) is 0 Å². The maximum Gasteiger partial charge on any atom is 0.500 e. The molecule has 114 valence electrons. The van der Waals surface area contributed by atoms with Gasteiger partial charge in [0.25, 0.3) is 0 Å². The summed E-state index contributed by atoms with van der Waals surface area (Å²) in [5, 5.41) is 3.35. The van der Waals surface area contributed by atoms with Gasteiger partial charge < -0.3 is 24.3 Å². The molecule has 5 nitrogen and oxygen atoms in total. The van der Waals surface area contributed by atoms with Crippen molar-refractivity contribution in [1.29, 1.82) is 0 Å². The number of nitrogens with one attached hydrogen (secondary N) is 1. The van der Waals surface area contributed by atoms with Gasteiger partial charge >= 0.3 is 8.80 Å². The summed E-state index contributed by atoms with van der Waals surface area (Å²) < 4.78 is 16.2. The summed E-state index contributed by atoms with van der Waals surface area (Å²) in [5.41, 5.74) is 7.24. The Balaban J connectivity index is 2.25. The summed E-state index contributed by atoms with van der Waals surface area (Å²) in [4.78, 5) is 0. The smallest absolute Gasteiger partial charge is 0.385 e. The predicted molar refractivity (Wildman–Crippen MR) is 83.7 cm³/mol. The van der Waals surface area contributed by atoms with Crippen LogP contribution in [0.1, 0.15) is 12.8 Å². The molecule has 1 aromatic carbocycles. The molecule has 0 heterocycles. The van der Waals surface area contributed by atoms with Gasteiger partial charge in [-0.3, -0.25) is 0 Å². The fourth-order valence-electron chi connectivity index (χ4n) is 2.02. The molecule has 1 aromatic rings. The molecule has 1 atom stereocenters. The molecular formula is C14H26N2O3Si. The van der Waals surface area contributed by atoms with Gasteiger partial charge in [0.2, 0.25) is 0 Å². The molecule has 0 radical (unpaired) electrons. The molecule has 0 amide bonds. The molecule has 6 heteroatoms. The highest BCUT2D eigenvalue weighted by molar-refractivity contribution is 6.60. The monoisotopic (exact) mass is 298 g/mol. The minimum absolute atomic E-state index is 0.110. The Kier molecular flexibility index (Phi) is 7.79.